The molecule has 1 aromatic rings. The number of nitrogens with zero attached hydrogens (tertiary/aromatic N) is 3. The first-order chi connectivity index (χ1) is 11.6. The van der Waals surface area contributed by atoms with Crippen LogP contribution in [0.1, 0.15) is 49.8 Å². The second-order valence-corrected chi connectivity index (χ2v) is 7.90. The van der Waals surface area contributed by atoms with Crippen molar-refractivity contribution >= 4 is 28.4 Å². The molecule has 0 amide bonds. The zero-order chi connectivity index (χ0) is 16.7. The first-order valence-electron chi connectivity index (χ1n) is 8.73. The quantitative estimate of drug-likeness (QED) is 0.906. The van der Waals surface area contributed by atoms with Gasteiger partial charge < -0.3 is 10.0 Å². The summed E-state index contributed by atoms with van der Waals surface area (Å²) in [5, 5.41) is 9.76. The van der Waals surface area contributed by atoms with Crippen molar-refractivity contribution in [2.75, 3.05) is 18.0 Å². The van der Waals surface area contributed by atoms with Gasteiger partial charge in [0, 0.05) is 31.0 Å². The molecular weight excluding hydrogens is 326 g/mol. The van der Waals surface area contributed by atoms with E-state index in [1.54, 1.807) is 6.33 Å². The maximum absolute atomic E-state index is 10.9. The van der Waals surface area contributed by atoms with Crippen molar-refractivity contribution in [2.45, 2.75) is 44.9 Å². The lowest BCUT2D eigenvalue weighted by Gasteiger charge is -2.37. The standard InChI is InChI=1S/C18H22ClN3O2/c19-13-1-2-14-16(13)17(21-11-20-14)22-8-7-18(10-22)5-3-12(4-6-18)9-15(23)24/h1,11-12H,2-10H2,(H,23,24). The Labute approximate surface area is 146 Å². The smallest absolute Gasteiger partial charge is 0.303 e. The molecule has 5 nitrogen and oxygen atoms in total. The molecule has 1 N–H and O–H groups in total. The summed E-state index contributed by atoms with van der Waals surface area (Å²) in [6.45, 7) is 2.00. The Morgan fingerprint density at radius 3 is 2.88 bits per heavy atom. The molecule has 1 saturated carbocycles. The largest absolute Gasteiger partial charge is 0.481 e. The van der Waals surface area contributed by atoms with Crippen LogP contribution in [-0.4, -0.2) is 34.1 Å². The summed E-state index contributed by atoms with van der Waals surface area (Å²) in [5.41, 5.74) is 2.36. The van der Waals surface area contributed by atoms with Crippen molar-refractivity contribution < 1.29 is 9.90 Å². The highest BCUT2D eigenvalue weighted by atomic mass is 35.5. The summed E-state index contributed by atoms with van der Waals surface area (Å²) in [4.78, 5) is 22.2. The van der Waals surface area contributed by atoms with Gasteiger partial charge >= 0.3 is 5.97 Å². The van der Waals surface area contributed by atoms with E-state index >= 15 is 0 Å². The van der Waals surface area contributed by atoms with Crippen LogP contribution in [0.15, 0.2) is 12.4 Å². The van der Waals surface area contributed by atoms with E-state index in [9.17, 15) is 4.79 Å². The highest BCUT2D eigenvalue weighted by Gasteiger charge is 2.42. The Hall–Kier alpha value is -1.62. The van der Waals surface area contributed by atoms with Crippen LogP contribution >= 0.6 is 11.6 Å². The highest BCUT2D eigenvalue weighted by molar-refractivity contribution is 6.49. The molecule has 1 aliphatic heterocycles. The van der Waals surface area contributed by atoms with Gasteiger partial charge in [-0.1, -0.05) is 17.7 Å². The van der Waals surface area contributed by atoms with Crippen LogP contribution in [0, 0.1) is 11.3 Å². The maximum atomic E-state index is 10.9. The summed E-state index contributed by atoms with van der Waals surface area (Å²) in [6, 6.07) is 0. The second kappa shape index (κ2) is 6.03. The van der Waals surface area contributed by atoms with Gasteiger partial charge in [0.1, 0.15) is 12.1 Å². The number of hydrogen-bond donors (Lipinski definition) is 1. The van der Waals surface area contributed by atoms with E-state index in [2.05, 4.69) is 14.9 Å². The number of aromatic nitrogens is 2. The van der Waals surface area contributed by atoms with Crippen LogP contribution in [0.25, 0.3) is 5.03 Å². The number of carbonyl (C=O) groups is 1. The van der Waals surface area contributed by atoms with Crippen LogP contribution in [0.2, 0.25) is 0 Å². The Morgan fingerprint density at radius 2 is 2.12 bits per heavy atom. The third-order valence-electron chi connectivity index (χ3n) is 5.99. The lowest BCUT2D eigenvalue weighted by atomic mass is 9.69. The molecule has 0 atom stereocenters. The molecule has 0 bridgehead atoms. The van der Waals surface area contributed by atoms with Gasteiger partial charge in [-0.05, 0) is 43.4 Å². The maximum Gasteiger partial charge on any atom is 0.303 e. The molecule has 0 radical (unpaired) electrons. The van der Waals surface area contributed by atoms with E-state index in [0.717, 1.165) is 73.7 Å². The van der Waals surface area contributed by atoms with Crippen molar-refractivity contribution in [1.82, 2.24) is 9.97 Å². The van der Waals surface area contributed by atoms with Crippen molar-refractivity contribution in [2.24, 2.45) is 11.3 Å². The normalized spacial score (nSPS) is 29.0. The van der Waals surface area contributed by atoms with E-state index < -0.39 is 5.97 Å². The predicted octanol–water partition coefficient (Wildman–Crippen LogP) is 3.47. The minimum Gasteiger partial charge on any atom is -0.481 e. The third kappa shape index (κ3) is 2.79. The van der Waals surface area contributed by atoms with Gasteiger partial charge in [-0.15, -0.1) is 0 Å². The van der Waals surface area contributed by atoms with Crippen LogP contribution in [-0.2, 0) is 11.2 Å². The molecule has 0 unspecified atom stereocenters. The first-order valence-corrected chi connectivity index (χ1v) is 9.11. The number of anilines is 1. The predicted molar refractivity (Wildman–Crippen MR) is 93.0 cm³/mol. The molecule has 2 aliphatic carbocycles. The van der Waals surface area contributed by atoms with E-state index in [1.165, 1.54) is 0 Å². The molecule has 3 aliphatic rings. The number of halogens is 1. The van der Waals surface area contributed by atoms with Crippen LogP contribution < -0.4 is 4.90 Å². The van der Waals surface area contributed by atoms with Crippen LogP contribution in [0.3, 0.4) is 0 Å². The first kappa shape index (κ1) is 15.9. The number of hydrogen-bond acceptors (Lipinski definition) is 4. The van der Waals surface area contributed by atoms with Gasteiger partial charge in [0.2, 0.25) is 0 Å². The molecular formula is C18H22ClN3O2. The lowest BCUT2D eigenvalue weighted by molar-refractivity contribution is -0.138. The molecule has 24 heavy (non-hydrogen) atoms. The monoisotopic (exact) mass is 347 g/mol. The Morgan fingerprint density at radius 1 is 1.33 bits per heavy atom. The fraction of sp³-hybridized carbons (Fsp3) is 0.611. The van der Waals surface area contributed by atoms with E-state index in [1.807, 2.05) is 6.08 Å². The molecule has 0 aromatic carbocycles. The Balaban J connectivity index is 1.48. The van der Waals surface area contributed by atoms with Gasteiger partial charge in [0.15, 0.2) is 0 Å². The Bertz CT molecular complexity index is 696. The molecule has 1 aromatic heterocycles. The molecule has 1 spiro atoms. The number of fused-ring (bicyclic) bond motifs is 1. The van der Waals surface area contributed by atoms with E-state index in [0.29, 0.717) is 17.8 Å². The summed E-state index contributed by atoms with van der Waals surface area (Å²) in [5.74, 6) is 0.660. The average molecular weight is 348 g/mol. The number of carboxylic acids is 1. The molecule has 128 valence electrons. The second-order valence-electron chi connectivity index (χ2n) is 7.49. The van der Waals surface area contributed by atoms with Crippen molar-refractivity contribution in [3.05, 3.63) is 23.7 Å². The summed E-state index contributed by atoms with van der Waals surface area (Å²) >= 11 is 6.37. The van der Waals surface area contributed by atoms with Gasteiger partial charge in [-0.3, -0.25) is 4.79 Å². The Kier molecular flexibility index (Phi) is 3.99. The summed E-state index contributed by atoms with van der Waals surface area (Å²) in [6.07, 6.45) is 10.2. The van der Waals surface area contributed by atoms with Gasteiger partial charge in [-0.25, -0.2) is 9.97 Å². The number of carboxylic acid groups (broad SMARTS) is 1. The number of aliphatic carboxylic acids is 1. The topological polar surface area (TPSA) is 66.3 Å². The molecule has 4 rings (SSSR count). The van der Waals surface area contributed by atoms with Crippen molar-refractivity contribution in [3.8, 4) is 0 Å². The fourth-order valence-electron chi connectivity index (χ4n) is 4.60. The van der Waals surface area contributed by atoms with Crippen LogP contribution in [0.4, 0.5) is 5.82 Å². The fourth-order valence-corrected chi connectivity index (χ4v) is 4.87. The highest BCUT2D eigenvalue weighted by Crippen LogP contribution is 2.48. The molecule has 2 fully saturated rings. The lowest BCUT2D eigenvalue weighted by Crippen LogP contribution is -2.32. The van der Waals surface area contributed by atoms with Crippen LogP contribution in [0.5, 0.6) is 0 Å². The minimum atomic E-state index is -0.665. The average Bonchev–Trinajstić information content (AvgIpc) is 3.15. The van der Waals surface area contributed by atoms with Crippen molar-refractivity contribution in [1.29, 1.82) is 0 Å². The zero-order valence-electron chi connectivity index (χ0n) is 13.7. The van der Waals surface area contributed by atoms with Gasteiger partial charge in [-0.2, -0.15) is 0 Å². The molecule has 2 heterocycles. The third-order valence-corrected chi connectivity index (χ3v) is 6.33. The number of rotatable bonds is 3. The zero-order valence-corrected chi connectivity index (χ0v) is 14.4. The minimum absolute atomic E-state index is 0.319. The van der Waals surface area contributed by atoms with E-state index in [-0.39, 0.29) is 0 Å². The molecule has 1 saturated heterocycles. The van der Waals surface area contributed by atoms with Gasteiger partial charge in [0.25, 0.3) is 0 Å². The summed E-state index contributed by atoms with van der Waals surface area (Å²) < 4.78 is 0. The number of allylic oxidation sites excluding steroid dienone is 1. The van der Waals surface area contributed by atoms with Gasteiger partial charge in [0.05, 0.1) is 11.3 Å². The SMILES string of the molecule is O=C(O)CC1CCC2(CC1)CCN(c1ncnc3c1C(Cl)=CC3)C2. The van der Waals surface area contributed by atoms with Crippen molar-refractivity contribution in [3.63, 3.8) is 0 Å². The van der Waals surface area contributed by atoms with E-state index in [4.69, 9.17) is 16.7 Å². The summed E-state index contributed by atoms with van der Waals surface area (Å²) in [7, 11) is 0. The molecule has 6 heteroatoms.